The van der Waals surface area contributed by atoms with E-state index in [-0.39, 0.29) is 36.0 Å². The van der Waals surface area contributed by atoms with Gasteiger partial charge in [0.15, 0.2) is 0 Å². The van der Waals surface area contributed by atoms with E-state index in [9.17, 15) is 9.59 Å². The normalized spacial score (nSPS) is 17.1. The van der Waals surface area contributed by atoms with Crippen molar-refractivity contribution in [2.75, 3.05) is 13.7 Å². The number of aryl methyl sites for hydroxylation is 2. The van der Waals surface area contributed by atoms with Gasteiger partial charge in [-0.15, -0.1) is 0 Å². The van der Waals surface area contributed by atoms with Crippen LogP contribution in [-0.2, 0) is 37.8 Å². The van der Waals surface area contributed by atoms with Crippen LogP contribution in [0.4, 0.5) is 4.39 Å². The molecule has 1 aliphatic heterocycles. The van der Waals surface area contributed by atoms with Crippen molar-refractivity contribution in [3.63, 3.8) is 0 Å². The van der Waals surface area contributed by atoms with E-state index in [1.54, 1.807) is 14.0 Å². The standard InChI is InChI=1S/C25H36FN2O6P/c1-15-12-28(23(30)27-22(15)29)10-9-16(31-8)13-32-35-33-14-17-20(26)18(24(2,3)4)11-19(21(17)34-35)25(5,6)7/h11-12,16H,9-10,13-14H2,1-8H3,(H,27,29,30). The van der Waals surface area contributed by atoms with Gasteiger partial charge in [0, 0.05) is 31.0 Å². The first-order chi connectivity index (χ1) is 16.2. The van der Waals surface area contributed by atoms with Crippen molar-refractivity contribution >= 4 is 8.60 Å². The van der Waals surface area contributed by atoms with E-state index in [1.807, 2.05) is 26.8 Å². The summed E-state index contributed by atoms with van der Waals surface area (Å²) in [5.41, 5.74) is 0.916. The van der Waals surface area contributed by atoms with Gasteiger partial charge >= 0.3 is 14.3 Å². The van der Waals surface area contributed by atoms with E-state index < -0.39 is 19.9 Å². The lowest BCUT2D eigenvalue weighted by atomic mass is 9.78. The number of ether oxygens (including phenoxy) is 1. The summed E-state index contributed by atoms with van der Waals surface area (Å²) in [6, 6.07) is 1.90. The first kappa shape index (κ1) is 27.5. The Labute approximate surface area is 206 Å². The first-order valence-electron chi connectivity index (χ1n) is 11.7. The zero-order chi connectivity index (χ0) is 26.1. The highest BCUT2D eigenvalue weighted by molar-refractivity contribution is 7.42. The van der Waals surface area contributed by atoms with Crippen LogP contribution < -0.4 is 15.8 Å². The van der Waals surface area contributed by atoms with Gasteiger partial charge in [0.05, 0.1) is 24.9 Å². The lowest BCUT2D eigenvalue weighted by Crippen LogP contribution is -2.32. The van der Waals surface area contributed by atoms with Gasteiger partial charge in [0.2, 0.25) is 0 Å². The number of hydrogen-bond acceptors (Lipinski definition) is 6. The minimum Gasteiger partial charge on any atom is -0.426 e. The summed E-state index contributed by atoms with van der Waals surface area (Å²) < 4.78 is 40.1. The minimum atomic E-state index is -1.75. The van der Waals surface area contributed by atoms with E-state index in [4.69, 9.17) is 18.3 Å². The molecule has 0 amide bonds. The fourth-order valence-electron chi connectivity index (χ4n) is 3.80. The molecule has 0 aliphatic carbocycles. The highest BCUT2D eigenvalue weighted by Gasteiger charge is 2.35. The van der Waals surface area contributed by atoms with Gasteiger partial charge in [-0.05, 0) is 35.8 Å². The van der Waals surface area contributed by atoms with Crippen LogP contribution in [0.15, 0.2) is 21.9 Å². The van der Waals surface area contributed by atoms with E-state index in [2.05, 4.69) is 25.8 Å². The summed E-state index contributed by atoms with van der Waals surface area (Å²) in [5, 5.41) is 0. The molecule has 194 valence electrons. The van der Waals surface area contributed by atoms with Crippen LogP contribution in [0.3, 0.4) is 0 Å². The van der Waals surface area contributed by atoms with E-state index in [1.165, 1.54) is 10.8 Å². The zero-order valence-corrected chi connectivity index (χ0v) is 22.7. The third kappa shape index (κ3) is 6.39. The molecule has 0 saturated heterocycles. The average molecular weight is 511 g/mol. The number of rotatable bonds is 7. The molecule has 0 spiro atoms. The van der Waals surface area contributed by atoms with Gasteiger partial charge in [-0.1, -0.05) is 41.5 Å². The first-order valence-corrected chi connectivity index (χ1v) is 12.7. The van der Waals surface area contributed by atoms with Crippen molar-refractivity contribution in [3.8, 4) is 5.75 Å². The van der Waals surface area contributed by atoms with Crippen LogP contribution in [0.2, 0.25) is 0 Å². The molecule has 0 fully saturated rings. The van der Waals surface area contributed by atoms with Crippen LogP contribution >= 0.6 is 8.60 Å². The topological polar surface area (TPSA) is 91.8 Å². The molecule has 2 unspecified atom stereocenters. The van der Waals surface area contributed by atoms with Crippen molar-refractivity contribution in [2.24, 2.45) is 0 Å². The predicted molar refractivity (Wildman–Crippen MR) is 134 cm³/mol. The molecule has 2 aromatic rings. The molecule has 2 atom stereocenters. The van der Waals surface area contributed by atoms with Crippen molar-refractivity contribution in [3.05, 3.63) is 61.2 Å². The third-order valence-corrected chi connectivity index (χ3v) is 7.02. The molecule has 1 aromatic carbocycles. The smallest absolute Gasteiger partial charge is 0.397 e. The van der Waals surface area contributed by atoms with Crippen LogP contribution in [0.5, 0.6) is 5.75 Å². The number of fused-ring (bicyclic) bond motifs is 1. The molecule has 10 heteroatoms. The molecule has 1 aromatic heterocycles. The zero-order valence-electron chi connectivity index (χ0n) is 21.8. The summed E-state index contributed by atoms with van der Waals surface area (Å²) in [5.74, 6) is 0.191. The third-order valence-electron chi connectivity index (χ3n) is 5.99. The van der Waals surface area contributed by atoms with Gasteiger partial charge in [0.1, 0.15) is 11.6 Å². The average Bonchev–Trinajstić information content (AvgIpc) is 2.75. The number of hydrogen-bond donors (Lipinski definition) is 1. The van der Waals surface area contributed by atoms with Crippen LogP contribution in [-0.4, -0.2) is 29.4 Å². The second-order valence-corrected chi connectivity index (χ2v) is 12.0. The number of aromatic nitrogens is 2. The maximum atomic E-state index is 15.4. The quantitative estimate of drug-likeness (QED) is 0.536. The lowest BCUT2D eigenvalue weighted by molar-refractivity contribution is 0.0396. The number of H-pyrrole nitrogens is 1. The Morgan fingerprint density at radius 1 is 1.17 bits per heavy atom. The van der Waals surface area contributed by atoms with Crippen LogP contribution in [0.25, 0.3) is 0 Å². The molecule has 1 N–H and O–H groups in total. The fourth-order valence-corrected chi connectivity index (χ4v) is 4.86. The number of halogens is 1. The van der Waals surface area contributed by atoms with Gasteiger partial charge in [-0.2, -0.15) is 0 Å². The number of methoxy groups -OCH3 is 1. The molecular weight excluding hydrogens is 474 g/mol. The largest absolute Gasteiger partial charge is 0.426 e. The minimum absolute atomic E-state index is 0.0591. The Hall–Kier alpha value is -2.06. The highest BCUT2D eigenvalue weighted by Crippen LogP contribution is 2.52. The maximum absolute atomic E-state index is 15.4. The second kappa shape index (κ2) is 10.5. The van der Waals surface area contributed by atoms with Crippen molar-refractivity contribution in [2.45, 2.75) is 85.0 Å². The Morgan fingerprint density at radius 3 is 2.43 bits per heavy atom. The maximum Gasteiger partial charge on any atom is 0.397 e. The number of nitrogens with one attached hydrogen (secondary N) is 1. The Morgan fingerprint density at radius 2 is 1.83 bits per heavy atom. The molecular formula is C25H36FN2O6P. The van der Waals surface area contributed by atoms with E-state index in [0.29, 0.717) is 35.4 Å². The van der Waals surface area contributed by atoms with Gasteiger partial charge in [-0.3, -0.25) is 18.8 Å². The Balaban J connectivity index is 1.72. The van der Waals surface area contributed by atoms with Crippen molar-refractivity contribution in [1.82, 2.24) is 9.55 Å². The molecule has 8 nitrogen and oxygen atoms in total. The van der Waals surface area contributed by atoms with Crippen molar-refractivity contribution < 1.29 is 22.7 Å². The van der Waals surface area contributed by atoms with E-state index >= 15 is 4.39 Å². The van der Waals surface area contributed by atoms with Gasteiger partial charge in [0.25, 0.3) is 5.56 Å². The monoisotopic (exact) mass is 510 g/mol. The number of benzene rings is 1. The predicted octanol–water partition coefficient (Wildman–Crippen LogP) is 4.84. The molecule has 0 saturated carbocycles. The Bertz CT molecular complexity index is 1180. The summed E-state index contributed by atoms with van der Waals surface area (Å²) in [6.07, 6.45) is 1.66. The molecule has 35 heavy (non-hydrogen) atoms. The Kier molecular flexibility index (Phi) is 8.26. The second-order valence-electron chi connectivity index (χ2n) is 10.9. The van der Waals surface area contributed by atoms with Crippen LogP contribution in [0, 0.1) is 12.7 Å². The molecule has 2 heterocycles. The van der Waals surface area contributed by atoms with Crippen molar-refractivity contribution in [1.29, 1.82) is 0 Å². The van der Waals surface area contributed by atoms with Gasteiger partial charge < -0.3 is 13.8 Å². The van der Waals surface area contributed by atoms with Crippen LogP contribution in [0.1, 0.15) is 70.2 Å². The number of aromatic amines is 1. The molecule has 0 radical (unpaired) electrons. The lowest BCUT2D eigenvalue weighted by Gasteiger charge is -2.33. The summed E-state index contributed by atoms with van der Waals surface area (Å²) >= 11 is 0. The summed E-state index contributed by atoms with van der Waals surface area (Å²) in [4.78, 5) is 25.9. The highest BCUT2D eigenvalue weighted by atomic mass is 31.2. The fraction of sp³-hybridized carbons (Fsp3) is 0.600. The SMILES string of the molecule is COC(CCn1cc(C)c(=O)[nH]c1=O)COP1OCc2c(F)c(C(C)(C)C)cc(C(C)(C)C)c2O1. The summed E-state index contributed by atoms with van der Waals surface area (Å²) in [7, 11) is -0.197. The van der Waals surface area contributed by atoms with E-state index in [0.717, 1.165) is 5.56 Å². The molecule has 1 aliphatic rings. The number of nitrogens with zero attached hydrogens (tertiary/aromatic N) is 1. The van der Waals surface area contributed by atoms with Gasteiger partial charge in [-0.25, -0.2) is 9.18 Å². The molecule has 3 rings (SSSR count). The summed E-state index contributed by atoms with van der Waals surface area (Å²) in [6.45, 7) is 14.4. The molecule has 0 bridgehead atoms.